The number of carbonyl (C=O) groups is 5. The van der Waals surface area contributed by atoms with Crippen molar-refractivity contribution in [2.75, 3.05) is 26.4 Å². The van der Waals surface area contributed by atoms with Crippen LogP contribution in [0.15, 0.2) is 0 Å². The Morgan fingerprint density at radius 3 is 2.02 bits per heavy atom. The van der Waals surface area contributed by atoms with Crippen molar-refractivity contribution in [2.45, 2.75) is 153 Å². The van der Waals surface area contributed by atoms with Crippen molar-refractivity contribution < 1.29 is 32.4 Å². The second kappa shape index (κ2) is 15.9. The van der Waals surface area contributed by atoms with Gasteiger partial charge in [-0.25, -0.2) is 17.5 Å². The molecule has 0 radical (unpaired) electrons. The van der Waals surface area contributed by atoms with E-state index in [-0.39, 0.29) is 35.0 Å². The molecule has 50 heavy (non-hydrogen) atoms. The minimum atomic E-state index is -3.61. The zero-order valence-corrected chi connectivity index (χ0v) is 31.4. The summed E-state index contributed by atoms with van der Waals surface area (Å²) in [5.41, 5.74) is -1.12. The number of nitrogens with zero attached hydrogens (tertiary/aromatic N) is 2. The second-order valence-electron chi connectivity index (χ2n) is 16.5. The fraction of sp³-hybridized carbons (Fsp3) is 0.861. The molecule has 282 valence electrons. The summed E-state index contributed by atoms with van der Waals surface area (Å²) in [6.45, 7) is 4.53. The fourth-order valence-corrected chi connectivity index (χ4v) is 9.96. The van der Waals surface area contributed by atoms with E-state index in [1.807, 2.05) is 0 Å². The van der Waals surface area contributed by atoms with Crippen molar-refractivity contribution in [1.82, 2.24) is 30.5 Å². The molecule has 13 nitrogen and oxygen atoms in total. The first-order valence-corrected chi connectivity index (χ1v) is 20.7. The predicted octanol–water partition coefficient (Wildman–Crippen LogP) is 2.98. The molecule has 0 bridgehead atoms. The van der Waals surface area contributed by atoms with Crippen molar-refractivity contribution in [2.24, 2.45) is 17.3 Å². The van der Waals surface area contributed by atoms with Gasteiger partial charge in [-0.3, -0.25) is 19.2 Å². The highest BCUT2D eigenvalue weighted by Gasteiger charge is 2.69. The van der Waals surface area contributed by atoms with E-state index in [2.05, 4.69) is 35.1 Å². The number of hydrogen-bond acceptors (Lipinski definition) is 7. The third-order valence-electron chi connectivity index (χ3n) is 12.1. The molecule has 0 aromatic heterocycles. The summed E-state index contributed by atoms with van der Waals surface area (Å²) in [7, 11) is -0.641. The van der Waals surface area contributed by atoms with Gasteiger partial charge >= 0.3 is 6.03 Å². The maximum Gasteiger partial charge on any atom is 0.315 e. The van der Waals surface area contributed by atoms with Crippen LogP contribution < -0.4 is 21.3 Å². The van der Waals surface area contributed by atoms with Crippen LogP contribution in [0, 0.1) is 17.3 Å². The van der Waals surface area contributed by atoms with Crippen LogP contribution in [0.25, 0.3) is 0 Å². The first-order chi connectivity index (χ1) is 23.6. The maximum absolute atomic E-state index is 14.4. The monoisotopic (exact) mass is 720 g/mol. The van der Waals surface area contributed by atoms with Gasteiger partial charge < -0.3 is 26.2 Å². The molecule has 0 unspecified atom stereocenters. The lowest BCUT2D eigenvalue weighted by Crippen LogP contribution is -2.62. The molecule has 2 heterocycles. The molecule has 0 aromatic rings. The molecule has 5 aliphatic rings. The average Bonchev–Trinajstić information content (AvgIpc) is 3.90. The minimum Gasteiger partial charge on any atom is -0.347 e. The summed E-state index contributed by atoms with van der Waals surface area (Å²) in [6, 6.07) is -3.28. The molecule has 3 aliphatic carbocycles. The normalized spacial score (nSPS) is 30.7. The van der Waals surface area contributed by atoms with E-state index in [1.54, 1.807) is 4.90 Å². The van der Waals surface area contributed by atoms with Gasteiger partial charge in [-0.2, -0.15) is 0 Å². The predicted molar refractivity (Wildman–Crippen MR) is 189 cm³/mol. The first kappa shape index (κ1) is 38.5. The molecular formula is C36H60N6O7S. The van der Waals surface area contributed by atoms with E-state index in [4.69, 9.17) is 0 Å². The Morgan fingerprint density at radius 2 is 1.42 bits per heavy atom. The number of sulfonamides is 1. The number of amides is 5. The first-order valence-electron chi connectivity index (χ1n) is 19.1. The number of nitrogens with one attached hydrogen (secondary N) is 4. The molecule has 3 saturated carbocycles. The zero-order chi connectivity index (χ0) is 36.3. The molecule has 0 spiro atoms. The Kier molecular flexibility index (Phi) is 12.2. The quantitative estimate of drug-likeness (QED) is 0.279. The second-order valence-corrected chi connectivity index (χ2v) is 18.7. The van der Waals surface area contributed by atoms with Crippen LogP contribution in [0.5, 0.6) is 0 Å². The van der Waals surface area contributed by atoms with Crippen LogP contribution >= 0.6 is 0 Å². The molecule has 5 fully saturated rings. The molecule has 14 heteroatoms. The van der Waals surface area contributed by atoms with E-state index in [0.717, 1.165) is 70.6 Å². The van der Waals surface area contributed by atoms with Crippen LogP contribution in [0.4, 0.5) is 4.79 Å². The van der Waals surface area contributed by atoms with Crippen LogP contribution in [0.1, 0.15) is 123 Å². The molecular weight excluding hydrogens is 660 g/mol. The van der Waals surface area contributed by atoms with Gasteiger partial charge in [-0.15, -0.1) is 0 Å². The van der Waals surface area contributed by atoms with E-state index in [1.165, 1.54) is 18.4 Å². The average molecular weight is 721 g/mol. The zero-order valence-electron chi connectivity index (χ0n) is 30.6. The summed E-state index contributed by atoms with van der Waals surface area (Å²) in [4.78, 5) is 70.1. The molecule has 5 amide bonds. The highest BCUT2D eigenvalue weighted by atomic mass is 32.2. The Labute approximate surface area is 298 Å². The van der Waals surface area contributed by atoms with E-state index >= 15 is 0 Å². The summed E-state index contributed by atoms with van der Waals surface area (Å²) >= 11 is 0. The van der Waals surface area contributed by atoms with Crippen molar-refractivity contribution in [3.63, 3.8) is 0 Å². The summed E-state index contributed by atoms with van der Waals surface area (Å²) in [5.74, 6) is -2.33. The molecule has 5 atom stereocenters. The Morgan fingerprint density at radius 1 is 0.840 bits per heavy atom. The number of fused-ring (bicyclic) bond motifs is 3. The van der Waals surface area contributed by atoms with Crippen LogP contribution in [0.3, 0.4) is 0 Å². The summed E-state index contributed by atoms with van der Waals surface area (Å²) < 4.78 is 27.1. The lowest BCUT2D eigenvalue weighted by molar-refractivity contribution is -0.144. The molecule has 4 N–H and O–H groups in total. The summed E-state index contributed by atoms with van der Waals surface area (Å²) in [6.07, 6.45) is 13.3. The van der Waals surface area contributed by atoms with Gasteiger partial charge in [0.05, 0.1) is 17.3 Å². The third kappa shape index (κ3) is 9.18. The van der Waals surface area contributed by atoms with Crippen LogP contribution in [0.2, 0.25) is 0 Å². The van der Waals surface area contributed by atoms with E-state index in [0.29, 0.717) is 45.1 Å². The summed E-state index contributed by atoms with van der Waals surface area (Å²) in [5, 5.41) is 11.6. The number of piperidine rings is 1. The fourth-order valence-electron chi connectivity index (χ4n) is 8.64. The van der Waals surface area contributed by atoms with Crippen LogP contribution in [-0.4, -0.2) is 103 Å². The van der Waals surface area contributed by atoms with Gasteiger partial charge in [0.2, 0.25) is 27.6 Å². The maximum atomic E-state index is 14.4. The van der Waals surface area contributed by atoms with Gasteiger partial charge in [-0.1, -0.05) is 84.5 Å². The van der Waals surface area contributed by atoms with Gasteiger partial charge in [0, 0.05) is 26.7 Å². The minimum absolute atomic E-state index is 0.0141. The van der Waals surface area contributed by atoms with Gasteiger partial charge in [0.15, 0.2) is 0 Å². The Bertz CT molecular complexity index is 1390. The van der Waals surface area contributed by atoms with Crippen molar-refractivity contribution >= 4 is 39.6 Å². The van der Waals surface area contributed by atoms with Gasteiger partial charge in [0.25, 0.3) is 5.91 Å². The number of carbonyl (C=O) groups excluding carboxylic acids is 5. The Hall–Kier alpha value is -2.74. The largest absolute Gasteiger partial charge is 0.347 e. The topological polar surface area (TPSA) is 174 Å². The molecule has 2 saturated heterocycles. The van der Waals surface area contributed by atoms with Gasteiger partial charge in [-0.05, 0) is 55.8 Å². The number of hydrogen-bond donors (Lipinski definition) is 4. The number of Topliss-reactive ketones (excluding diaryl/α,β-unsaturated/α-hetero) is 1. The number of rotatable bonds is 8. The van der Waals surface area contributed by atoms with Crippen LogP contribution in [-0.2, 0) is 29.2 Å². The smallest absolute Gasteiger partial charge is 0.315 e. The molecule has 0 aromatic carbocycles. The SMILES string of the molecule is CN(C)S(=O)(=O)CC1(NC(=O)N[C@H]2CCCCCCCCCC[C@@H](C(=O)C(=O)NC3CC3)NC(=O)[C@@H]3[C@@H]4[C@H](CN3C2=O)C4(C)C)CCCCC1. The number of ketones is 1. The van der Waals surface area contributed by atoms with E-state index < -0.39 is 57.3 Å². The highest BCUT2D eigenvalue weighted by molar-refractivity contribution is 7.89. The van der Waals surface area contributed by atoms with E-state index in [9.17, 15) is 32.4 Å². The van der Waals surface area contributed by atoms with Crippen molar-refractivity contribution in [3.05, 3.63) is 0 Å². The lowest BCUT2D eigenvalue weighted by Gasteiger charge is -2.39. The lowest BCUT2D eigenvalue weighted by atomic mass is 9.83. The highest BCUT2D eigenvalue weighted by Crippen LogP contribution is 2.65. The number of urea groups is 1. The van der Waals surface area contributed by atoms with Crippen molar-refractivity contribution in [3.8, 4) is 0 Å². The van der Waals surface area contributed by atoms with Crippen molar-refractivity contribution in [1.29, 1.82) is 0 Å². The molecule has 5 rings (SSSR count). The standard InChI is InChI=1S/C36H60N6O7S/c1-35(2)25-22-42-29(28(25)35)31(44)38-26(30(43)32(45)37-24-18-19-24)16-12-9-7-5-6-8-10-13-17-27(33(42)46)39-34(47)40-36(20-14-11-15-21-36)23-50(48,49)41(3)4/h24-29H,5-23H2,1-4H3,(H,37,45)(H,38,44)(H2,39,40,47)/t25-,26-,27-,28-,29-/m0/s1. The third-order valence-corrected chi connectivity index (χ3v) is 14.1. The Balaban J connectivity index is 1.36. The molecule has 2 aliphatic heterocycles. The van der Waals surface area contributed by atoms with Gasteiger partial charge in [0.1, 0.15) is 12.1 Å².